The van der Waals surface area contributed by atoms with Gasteiger partial charge in [-0.05, 0) is 31.9 Å². The van der Waals surface area contributed by atoms with Gasteiger partial charge < -0.3 is 14.8 Å². The van der Waals surface area contributed by atoms with E-state index in [4.69, 9.17) is 9.47 Å². The fraction of sp³-hybridized carbons (Fsp3) is 0.533. The fourth-order valence-corrected chi connectivity index (χ4v) is 2.38. The first kappa shape index (κ1) is 13.9. The van der Waals surface area contributed by atoms with E-state index in [9.17, 15) is 4.79 Å². The summed E-state index contributed by atoms with van der Waals surface area (Å²) in [6.07, 6.45) is 0.369. The lowest BCUT2D eigenvalue weighted by Gasteiger charge is -2.24. The quantitative estimate of drug-likeness (QED) is 0.892. The molecule has 1 aliphatic rings. The van der Waals surface area contributed by atoms with Crippen LogP contribution in [0.4, 0.5) is 4.79 Å². The first-order chi connectivity index (χ1) is 8.90. The average Bonchev–Trinajstić information content (AvgIpc) is 2.65. The topological polar surface area (TPSA) is 47.6 Å². The van der Waals surface area contributed by atoms with Crippen LogP contribution in [0.5, 0.6) is 0 Å². The summed E-state index contributed by atoms with van der Waals surface area (Å²) in [6, 6.07) is 7.92. The first-order valence-corrected chi connectivity index (χ1v) is 6.51. The van der Waals surface area contributed by atoms with Gasteiger partial charge in [0.05, 0.1) is 12.1 Å². The number of carbonyl (C=O) groups excluding carboxylic acids is 1. The predicted octanol–water partition coefficient (Wildman–Crippen LogP) is 2.82. The van der Waals surface area contributed by atoms with Crippen LogP contribution in [0.3, 0.4) is 0 Å². The molecular formula is C15H21NO3. The Morgan fingerprint density at radius 3 is 2.63 bits per heavy atom. The minimum absolute atomic E-state index is 0.0371. The number of hydrogen-bond donors (Lipinski definition) is 1. The van der Waals surface area contributed by atoms with Crippen molar-refractivity contribution in [3.63, 3.8) is 0 Å². The van der Waals surface area contributed by atoms with Gasteiger partial charge in [-0.3, -0.25) is 0 Å². The molecule has 0 bridgehead atoms. The number of alkyl carbamates (subject to hydrolysis) is 1. The van der Waals surface area contributed by atoms with Gasteiger partial charge in [-0.15, -0.1) is 0 Å². The Balaban J connectivity index is 2.12. The summed E-state index contributed by atoms with van der Waals surface area (Å²) >= 11 is 0. The largest absolute Gasteiger partial charge is 0.444 e. The van der Waals surface area contributed by atoms with Crippen molar-refractivity contribution in [3.8, 4) is 0 Å². The molecule has 1 aliphatic carbocycles. The van der Waals surface area contributed by atoms with E-state index in [0.29, 0.717) is 0 Å². The molecule has 19 heavy (non-hydrogen) atoms. The van der Waals surface area contributed by atoms with Gasteiger partial charge in [0.25, 0.3) is 0 Å². The number of carbonyl (C=O) groups is 1. The van der Waals surface area contributed by atoms with E-state index in [1.165, 1.54) is 5.56 Å². The van der Waals surface area contributed by atoms with Crippen LogP contribution in [0.1, 0.15) is 37.9 Å². The molecule has 0 aromatic heterocycles. The third-order valence-electron chi connectivity index (χ3n) is 3.16. The summed E-state index contributed by atoms with van der Waals surface area (Å²) in [4.78, 5) is 11.9. The number of ether oxygens (including phenoxy) is 2. The summed E-state index contributed by atoms with van der Waals surface area (Å²) in [6.45, 7) is 5.55. The summed E-state index contributed by atoms with van der Waals surface area (Å²) in [5.41, 5.74) is 1.83. The number of fused-ring (bicyclic) bond motifs is 1. The number of benzene rings is 1. The van der Waals surface area contributed by atoms with E-state index in [0.717, 1.165) is 12.0 Å². The van der Waals surface area contributed by atoms with Gasteiger partial charge in [0.2, 0.25) is 0 Å². The highest BCUT2D eigenvalue weighted by atomic mass is 16.6. The van der Waals surface area contributed by atoms with Crippen LogP contribution in [0.2, 0.25) is 0 Å². The van der Waals surface area contributed by atoms with E-state index < -0.39 is 11.7 Å². The molecule has 0 saturated heterocycles. The monoisotopic (exact) mass is 263 g/mol. The van der Waals surface area contributed by atoms with E-state index in [1.54, 1.807) is 7.11 Å². The molecule has 1 aromatic rings. The lowest BCUT2D eigenvalue weighted by atomic mass is 10.1. The SMILES string of the molecule is CO[C@H]1Cc2ccccc2C1NC(=O)OC(C)(C)C. The second kappa shape index (κ2) is 5.21. The summed E-state index contributed by atoms with van der Waals surface area (Å²) in [7, 11) is 1.67. The zero-order valence-electron chi connectivity index (χ0n) is 11.9. The van der Waals surface area contributed by atoms with E-state index in [2.05, 4.69) is 11.4 Å². The molecule has 4 heteroatoms. The molecule has 4 nitrogen and oxygen atoms in total. The molecule has 0 fully saturated rings. The van der Waals surface area contributed by atoms with Gasteiger partial charge in [-0.2, -0.15) is 0 Å². The van der Waals surface area contributed by atoms with Gasteiger partial charge in [0.1, 0.15) is 5.60 Å². The molecule has 1 aromatic carbocycles. The molecule has 0 heterocycles. The van der Waals surface area contributed by atoms with Crippen molar-refractivity contribution in [2.75, 3.05) is 7.11 Å². The highest BCUT2D eigenvalue weighted by molar-refractivity contribution is 5.69. The minimum atomic E-state index is -0.495. The molecule has 0 radical (unpaired) electrons. The van der Waals surface area contributed by atoms with Gasteiger partial charge >= 0.3 is 6.09 Å². The van der Waals surface area contributed by atoms with Gasteiger partial charge in [-0.1, -0.05) is 24.3 Å². The zero-order valence-corrected chi connectivity index (χ0v) is 11.9. The van der Waals surface area contributed by atoms with E-state index in [-0.39, 0.29) is 12.1 Å². The normalized spacial score (nSPS) is 21.9. The first-order valence-electron chi connectivity index (χ1n) is 6.51. The molecule has 1 unspecified atom stereocenters. The van der Waals surface area contributed by atoms with Crippen molar-refractivity contribution in [3.05, 3.63) is 35.4 Å². The Morgan fingerprint density at radius 2 is 2.00 bits per heavy atom. The minimum Gasteiger partial charge on any atom is -0.444 e. The maximum absolute atomic E-state index is 11.9. The molecule has 104 valence electrons. The van der Waals surface area contributed by atoms with Crippen LogP contribution in [0, 0.1) is 0 Å². The summed E-state index contributed by atoms with van der Waals surface area (Å²) in [5.74, 6) is 0. The van der Waals surface area contributed by atoms with Crippen molar-refractivity contribution in [1.29, 1.82) is 0 Å². The Hall–Kier alpha value is -1.55. The van der Waals surface area contributed by atoms with Crippen LogP contribution >= 0.6 is 0 Å². The summed E-state index contributed by atoms with van der Waals surface area (Å²) in [5, 5.41) is 2.91. The maximum Gasteiger partial charge on any atom is 0.408 e. The van der Waals surface area contributed by atoms with Gasteiger partial charge in [-0.25, -0.2) is 4.79 Å². The fourth-order valence-electron chi connectivity index (χ4n) is 2.38. The molecule has 0 aliphatic heterocycles. The molecule has 1 N–H and O–H groups in total. The Labute approximate surface area is 114 Å². The van der Waals surface area contributed by atoms with Crippen LogP contribution < -0.4 is 5.32 Å². The second-order valence-corrected chi connectivity index (χ2v) is 5.80. The number of rotatable bonds is 2. The molecule has 0 saturated carbocycles. The van der Waals surface area contributed by atoms with Crippen LogP contribution in [0.15, 0.2) is 24.3 Å². The molecule has 0 spiro atoms. The third-order valence-corrected chi connectivity index (χ3v) is 3.16. The van der Waals surface area contributed by atoms with Crippen LogP contribution in [0.25, 0.3) is 0 Å². The standard InChI is InChI=1S/C15H21NO3/c1-15(2,3)19-14(17)16-13-11-8-6-5-7-10(11)9-12(13)18-4/h5-8,12-13H,9H2,1-4H3,(H,16,17)/t12-,13?/m0/s1. The highest BCUT2D eigenvalue weighted by Gasteiger charge is 2.34. The van der Waals surface area contributed by atoms with E-state index >= 15 is 0 Å². The smallest absolute Gasteiger partial charge is 0.408 e. The van der Waals surface area contributed by atoms with Crippen LogP contribution in [-0.4, -0.2) is 24.9 Å². The lowest BCUT2D eigenvalue weighted by Crippen LogP contribution is -2.38. The summed E-state index contributed by atoms with van der Waals surface area (Å²) < 4.78 is 10.8. The van der Waals surface area contributed by atoms with Crippen molar-refractivity contribution in [2.45, 2.75) is 44.9 Å². The van der Waals surface area contributed by atoms with Crippen LogP contribution in [-0.2, 0) is 15.9 Å². The number of methoxy groups -OCH3 is 1. The molecule has 2 atom stereocenters. The number of hydrogen-bond acceptors (Lipinski definition) is 3. The molecule has 2 rings (SSSR count). The number of nitrogens with one attached hydrogen (secondary N) is 1. The highest BCUT2D eigenvalue weighted by Crippen LogP contribution is 2.33. The van der Waals surface area contributed by atoms with Crippen molar-refractivity contribution >= 4 is 6.09 Å². The Kier molecular flexibility index (Phi) is 3.80. The van der Waals surface area contributed by atoms with E-state index in [1.807, 2.05) is 39.0 Å². The zero-order chi connectivity index (χ0) is 14.0. The van der Waals surface area contributed by atoms with Crippen molar-refractivity contribution < 1.29 is 14.3 Å². The third kappa shape index (κ3) is 3.26. The lowest BCUT2D eigenvalue weighted by molar-refractivity contribution is 0.0368. The number of amides is 1. The second-order valence-electron chi connectivity index (χ2n) is 5.80. The molecule has 1 amide bonds. The maximum atomic E-state index is 11.9. The Bertz CT molecular complexity index is 465. The van der Waals surface area contributed by atoms with Gasteiger partial charge in [0, 0.05) is 13.5 Å². The van der Waals surface area contributed by atoms with Gasteiger partial charge in [0.15, 0.2) is 0 Å². The predicted molar refractivity (Wildman–Crippen MR) is 73.1 cm³/mol. The Morgan fingerprint density at radius 1 is 1.32 bits per heavy atom. The average molecular weight is 263 g/mol. The van der Waals surface area contributed by atoms with Crippen molar-refractivity contribution in [2.24, 2.45) is 0 Å². The molecular weight excluding hydrogens is 242 g/mol. The van der Waals surface area contributed by atoms with Crippen molar-refractivity contribution in [1.82, 2.24) is 5.32 Å².